The van der Waals surface area contributed by atoms with Crippen molar-refractivity contribution in [2.75, 3.05) is 19.6 Å². The molecule has 0 aliphatic carbocycles. The molecule has 1 heterocycles. The molecule has 2 N–H and O–H groups in total. The van der Waals surface area contributed by atoms with Crippen molar-refractivity contribution < 1.29 is 9.90 Å². The molecule has 1 aliphatic heterocycles. The fourth-order valence-electron chi connectivity index (χ4n) is 2.57. The van der Waals surface area contributed by atoms with Gasteiger partial charge in [-0.3, -0.25) is 4.79 Å². The van der Waals surface area contributed by atoms with E-state index in [9.17, 15) is 9.90 Å². The van der Waals surface area contributed by atoms with Crippen LogP contribution in [0, 0.1) is 0 Å². The van der Waals surface area contributed by atoms with Crippen LogP contribution in [0.2, 0.25) is 5.02 Å². The molecule has 1 saturated heterocycles. The molecule has 5 heteroatoms. The number of rotatable bonds is 4. The van der Waals surface area contributed by atoms with Crippen molar-refractivity contribution in [1.82, 2.24) is 10.2 Å². The average molecular weight is 297 g/mol. The highest BCUT2D eigenvalue weighted by Gasteiger charge is 2.21. The number of benzene rings is 1. The molecule has 1 amide bonds. The van der Waals surface area contributed by atoms with Crippen LogP contribution in [0.3, 0.4) is 0 Å². The van der Waals surface area contributed by atoms with Gasteiger partial charge >= 0.3 is 0 Å². The Bertz CT molecular complexity index is 471. The Balaban J connectivity index is 1.91. The van der Waals surface area contributed by atoms with Gasteiger partial charge in [-0.1, -0.05) is 18.5 Å². The lowest BCUT2D eigenvalue weighted by Crippen LogP contribution is -2.44. The molecule has 0 bridgehead atoms. The maximum atomic E-state index is 12.1. The van der Waals surface area contributed by atoms with Gasteiger partial charge in [-0.05, 0) is 44.0 Å². The largest absolute Gasteiger partial charge is 0.507 e. The summed E-state index contributed by atoms with van der Waals surface area (Å²) in [6.45, 7) is 5.33. The van der Waals surface area contributed by atoms with Gasteiger partial charge in [0.1, 0.15) is 5.75 Å². The number of nitrogens with one attached hydrogen (secondary N) is 1. The van der Waals surface area contributed by atoms with Crippen LogP contribution in [0.4, 0.5) is 0 Å². The monoisotopic (exact) mass is 296 g/mol. The van der Waals surface area contributed by atoms with E-state index in [1.807, 2.05) is 0 Å². The summed E-state index contributed by atoms with van der Waals surface area (Å²) in [5.74, 6) is -0.283. The number of hydrogen-bond donors (Lipinski definition) is 2. The number of aromatic hydroxyl groups is 1. The van der Waals surface area contributed by atoms with E-state index in [4.69, 9.17) is 11.6 Å². The van der Waals surface area contributed by atoms with Crippen molar-refractivity contribution >= 4 is 17.5 Å². The number of phenolic OH excluding ortho intramolecular Hbond substituents is 1. The second kappa shape index (κ2) is 6.95. The van der Waals surface area contributed by atoms with Crippen LogP contribution >= 0.6 is 11.6 Å². The van der Waals surface area contributed by atoms with Crippen LogP contribution in [-0.2, 0) is 0 Å². The Hall–Kier alpha value is -1.26. The quantitative estimate of drug-likeness (QED) is 0.898. The first-order valence-corrected chi connectivity index (χ1v) is 7.49. The van der Waals surface area contributed by atoms with E-state index in [1.165, 1.54) is 12.1 Å². The Kier molecular flexibility index (Phi) is 5.26. The summed E-state index contributed by atoms with van der Waals surface area (Å²) in [5, 5.41) is 13.2. The molecule has 0 spiro atoms. The van der Waals surface area contributed by atoms with Crippen molar-refractivity contribution in [3.8, 4) is 5.75 Å². The first kappa shape index (κ1) is 15.1. The summed E-state index contributed by atoms with van der Waals surface area (Å²) in [6, 6.07) is 4.69. The minimum Gasteiger partial charge on any atom is -0.507 e. The van der Waals surface area contributed by atoms with E-state index < -0.39 is 0 Å². The van der Waals surface area contributed by atoms with Crippen molar-refractivity contribution in [2.45, 2.75) is 32.2 Å². The van der Waals surface area contributed by atoms with Gasteiger partial charge in [0.2, 0.25) is 0 Å². The number of carbonyl (C=O) groups excluding carboxylic acids is 1. The summed E-state index contributed by atoms with van der Waals surface area (Å²) in [4.78, 5) is 14.6. The first-order valence-electron chi connectivity index (χ1n) is 7.12. The lowest BCUT2D eigenvalue weighted by Gasteiger charge is -2.32. The van der Waals surface area contributed by atoms with Crippen LogP contribution in [0.5, 0.6) is 5.75 Å². The molecule has 4 nitrogen and oxygen atoms in total. The van der Waals surface area contributed by atoms with Gasteiger partial charge in [-0.25, -0.2) is 0 Å². The smallest absolute Gasteiger partial charge is 0.255 e. The van der Waals surface area contributed by atoms with Gasteiger partial charge in [-0.15, -0.1) is 0 Å². The number of halogens is 1. The predicted molar refractivity (Wildman–Crippen MR) is 80.3 cm³/mol. The summed E-state index contributed by atoms with van der Waals surface area (Å²) < 4.78 is 0. The molecule has 110 valence electrons. The maximum Gasteiger partial charge on any atom is 0.255 e. The van der Waals surface area contributed by atoms with Crippen molar-refractivity contribution in [3.05, 3.63) is 28.8 Å². The molecule has 0 unspecified atom stereocenters. The topological polar surface area (TPSA) is 52.6 Å². The predicted octanol–water partition coefficient (Wildman–Crippen LogP) is 2.65. The van der Waals surface area contributed by atoms with Gasteiger partial charge in [0.15, 0.2) is 0 Å². The summed E-state index contributed by atoms with van der Waals surface area (Å²) >= 11 is 5.86. The first-order chi connectivity index (χ1) is 9.60. The minimum absolute atomic E-state index is 0.0321. The molecule has 2 rings (SSSR count). The van der Waals surface area contributed by atoms with Crippen LogP contribution in [0.25, 0.3) is 0 Å². The van der Waals surface area contributed by atoms with E-state index >= 15 is 0 Å². The number of piperidine rings is 1. The van der Waals surface area contributed by atoms with Gasteiger partial charge in [0.25, 0.3) is 5.91 Å². The van der Waals surface area contributed by atoms with E-state index in [0.717, 1.165) is 38.9 Å². The van der Waals surface area contributed by atoms with Crippen LogP contribution in [0.15, 0.2) is 18.2 Å². The Morgan fingerprint density at radius 2 is 2.15 bits per heavy atom. The second-order valence-electron chi connectivity index (χ2n) is 5.25. The standard InChI is InChI=1S/C15H21ClN2O2/c1-2-7-18-8-5-12(6-9-18)17-15(20)13-10-11(16)3-4-14(13)19/h3-4,10,12,19H,2,5-9H2,1H3,(H,17,20). The zero-order chi connectivity index (χ0) is 14.5. The molecule has 0 radical (unpaired) electrons. The van der Waals surface area contributed by atoms with Crippen LogP contribution < -0.4 is 5.32 Å². The molecular formula is C15H21ClN2O2. The number of likely N-dealkylation sites (tertiary alicyclic amines) is 1. The van der Waals surface area contributed by atoms with Crippen LogP contribution in [0.1, 0.15) is 36.5 Å². The minimum atomic E-state index is -0.251. The fourth-order valence-corrected chi connectivity index (χ4v) is 2.74. The lowest BCUT2D eigenvalue weighted by molar-refractivity contribution is 0.0908. The molecule has 1 aromatic carbocycles. The number of nitrogens with zero attached hydrogens (tertiary/aromatic N) is 1. The Morgan fingerprint density at radius 1 is 1.45 bits per heavy atom. The molecule has 1 fully saturated rings. The highest BCUT2D eigenvalue weighted by molar-refractivity contribution is 6.31. The molecule has 20 heavy (non-hydrogen) atoms. The highest BCUT2D eigenvalue weighted by atomic mass is 35.5. The molecular weight excluding hydrogens is 276 g/mol. The van der Waals surface area contributed by atoms with Gasteiger partial charge < -0.3 is 15.3 Å². The molecule has 1 aliphatic rings. The van der Waals surface area contributed by atoms with Crippen molar-refractivity contribution in [3.63, 3.8) is 0 Å². The number of phenols is 1. The Labute approximate surface area is 124 Å². The third kappa shape index (κ3) is 3.87. The third-order valence-electron chi connectivity index (χ3n) is 3.67. The zero-order valence-corrected chi connectivity index (χ0v) is 12.5. The zero-order valence-electron chi connectivity index (χ0n) is 11.7. The normalized spacial score (nSPS) is 17.1. The van der Waals surface area contributed by atoms with E-state index in [1.54, 1.807) is 6.07 Å². The van der Waals surface area contributed by atoms with Crippen molar-refractivity contribution in [2.24, 2.45) is 0 Å². The van der Waals surface area contributed by atoms with Crippen LogP contribution in [-0.4, -0.2) is 41.6 Å². The highest BCUT2D eigenvalue weighted by Crippen LogP contribution is 2.22. The summed E-state index contributed by atoms with van der Waals surface area (Å²) in [6.07, 6.45) is 3.06. The van der Waals surface area contributed by atoms with E-state index in [2.05, 4.69) is 17.1 Å². The lowest BCUT2D eigenvalue weighted by atomic mass is 10.0. The number of amides is 1. The Morgan fingerprint density at radius 3 is 2.80 bits per heavy atom. The maximum absolute atomic E-state index is 12.1. The van der Waals surface area contributed by atoms with E-state index in [-0.39, 0.29) is 23.3 Å². The summed E-state index contributed by atoms with van der Waals surface area (Å²) in [5.41, 5.74) is 0.244. The van der Waals surface area contributed by atoms with Gasteiger partial charge in [0, 0.05) is 24.2 Å². The molecule has 0 saturated carbocycles. The second-order valence-corrected chi connectivity index (χ2v) is 5.69. The van der Waals surface area contributed by atoms with Crippen molar-refractivity contribution in [1.29, 1.82) is 0 Å². The fraction of sp³-hybridized carbons (Fsp3) is 0.533. The third-order valence-corrected chi connectivity index (χ3v) is 3.90. The van der Waals surface area contributed by atoms with Gasteiger partial charge in [0.05, 0.1) is 5.56 Å². The van der Waals surface area contributed by atoms with Gasteiger partial charge in [-0.2, -0.15) is 0 Å². The molecule has 0 aromatic heterocycles. The number of carbonyl (C=O) groups is 1. The summed E-state index contributed by atoms with van der Waals surface area (Å²) in [7, 11) is 0. The molecule has 0 atom stereocenters. The van der Waals surface area contributed by atoms with E-state index in [0.29, 0.717) is 5.02 Å². The SMILES string of the molecule is CCCN1CCC(NC(=O)c2cc(Cl)ccc2O)CC1. The number of hydrogen-bond acceptors (Lipinski definition) is 3. The molecule has 1 aromatic rings. The average Bonchev–Trinajstić information content (AvgIpc) is 2.44.